The van der Waals surface area contributed by atoms with E-state index in [2.05, 4.69) is 15.3 Å². The second-order valence-corrected chi connectivity index (χ2v) is 3.87. The maximum Gasteiger partial charge on any atom is 0.135 e. The number of hydrogen-bond acceptors (Lipinski definition) is 3. The number of ketones is 1. The summed E-state index contributed by atoms with van der Waals surface area (Å²) in [6.45, 7) is 5.86. The molecule has 0 bridgehead atoms. The SMILES string of the molecule is CC(=O)CC(C)=NCCNCc1ccc[nH]1. The second-order valence-electron chi connectivity index (χ2n) is 3.87. The minimum Gasteiger partial charge on any atom is -0.364 e. The molecule has 16 heavy (non-hydrogen) atoms. The highest BCUT2D eigenvalue weighted by atomic mass is 16.1. The van der Waals surface area contributed by atoms with Gasteiger partial charge >= 0.3 is 0 Å². The Balaban J connectivity index is 2.09. The van der Waals surface area contributed by atoms with Crippen LogP contribution in [0.15, 0.2) is 23.3 Å². The quantitative estimate of drug-likeness (QED) is 0.542. The molecule has 1 aromatic heterocycles. The van der Waals surface area contributed by atoms with E-state index in [0.29, 0.717) is 6.42 Å². The molecule has 1 heterocycles. The van der Waals surface area contributed by atoms with E-state index in [9.17, 15) is 4.79 Å². The van der Waals surface area contributed by atoms with Crippen LogP contribution < -0.4 is 5.32 Å². The molecule has 0 aliphatic rings. The summed E-state index contributed by atoms with van der Waals surface area (Å²) >= 11 is 0. The highest BCUT2D eigenvalue weighted by Crippen LogP contribution is 1.92. The summed E-state index contributed by atoms with van der Waals surface area (Å²) in [5.41, 5.74) is 2.08. The largest absolute Gasteiger partial charge is 0.364 e. The first-order valence-electron chi connectivity index (χ1n) is 5.51. The highest BCUT2D eigenvalue weighted by molar-refractivity contribution is 5.99. The Labute approximate surface area is 96.2 Å². The number of nitrogens with one attached hydrogen (secondary N) is 2. The van der Waals surface area contributed by atoms with Gasteiger partial charge in [0.1, 0.15) is 5.78 Å². The first kappa shape index (κ1) is 12.6. The van der Waals surface area contributed by atoms with E-state index in [4.69, 9.17) is 0 Å². The number of hydrogen-bond donors (Lipinski definition) is 2. The fraction of sp³-hybridized carbons (Fsp3) is 0.500. The molecule has 88 valence electrons. The van der Waals surface area contributed by atoms with Gasteiger partial charge in [0, 0.05) is 37.1 Å². The molecule has 0 fully saturated rings. The van der Waals surface area contributed by atoms with Crippen LogP contribution in [-0.2, 0) is 11.3 Å². The Morgan fingerprint density at radius 3 is 2.94 bits per heavy atom. The highest BCUT2D eigenvalue weighted by Gasteiger charge is 1.96. The fourth-order valence-corrected chi connectivity index (χ4v) is 1.44. The van der Waals surface area contributed by atoms with Crippen molar-refractivity contribution in [3.8, 4) is 0 Å². The summed E-state index contributed by atoms with van der Waals surface area (Å²) < 4.78 is 0. The number of H-pyrrole nitrogens is 1. The molecule has 0 unspecified atom stereocenters. The van der Waals surface area contributed by atoms with Crippen LogP contribution in [0.4, 0.5) is 0 Å². The predicted octanol–water partition coefficient (Wildman–Crippen LogP) is 1.54. The minimum absolute atomic E-state index is 0.167. The van der Waals surface area contributed by atoms with E-state index in [1.165, 1.54) is 5.69 Å². The zero-order valence-electron chi connectivity index (χ0n) is 9.92. The van der Waals surface area contributed by atoms with Crippen LogP contribution in [0.2, 0.25) is 0 Å². The number of aromatic nitrogens is 1. The lowest BCUT2D eigenvalue weighted by atomic mass is 10.2. The molecule has 4 heteroatoms. The van der Waals surface area contributed by atoms with Gasteiger partial charge in [-0.1, -0.05) is 0 Å². The number of aromatic amines is 1. The minimum atomic E-state index is 0.167. The van der Waals surface area contributed by atoms with Crippen molar-refractivity contribution in [1.82, 2.24) is 10.3 Å². The van der Waals surface area contributed by atoms with Crippen LogP contribution in [-0.4, -0.2) is 29.6 Å². The lowest BCUT2D eigenvalue weighted by Crippen LogP contribution is -2.17. The van der Waals surface area contributed by atoms with E-state index in [-0.39, 0.29) is 5.78 Å². The molecule has 0 atom stereocenters. The molecule has 0 saturated carbocycles. The van der Waals surface area contributed by atoms with Gasteiger partial charge < -0.3 is 10.3 Å². The maximum atomic E-state index is 10.8. The number of aliphatic imine (C=N–C) groups is 1. The van der Waals surface area contributed by atoms with Crippen LogP contribution in [0.1, 0.15) is 26.0 Å². The van der Waals surface area contributed by atoms with Crippen LogP contribution in [0.5, 0.6) is 0 Å². The fourth-order valence-electron chi connectivity index (χ4n) is 1.44. The van der Waals surface area contributed by atoms with Crippen LogP contribution in [0.3, 0.4) is 0 Å². The van der Waals surface area contributed by atoms with Crippen molar-refractivity contribution in [3.05, 3.63) is 24.0 Å². The number of carbonyl (C=O) groups excluding carboxylic acids is 1. The second kappa shape index (κ2) is 6.95. The van der Waals surface area contributed by atoms with Crippen molar-refractivity contribution in [2.75, 3.05) is 13.1 Å². The van der Waals surface area contributed by atoms with Crippen LogP contribution in [0.25, 0.3) is 0 Å². The van der Waals surface area contributed by atoms with Crippen molar-refractivity contribution in [3.63, 3.8) is 0 Å². The summed E-state index contributed by atoms with van der Waals surface area (Å²) in [5.74, 6) is 0.167. The van der Waals surface area contributed by atoms with E-state index in [1.54, 1.807) is 6.92 Å². The molecule has 1 rings (SSSR count). The Kier molecular flexibility index (Phi) is 5.50. The monoisotopic (exact) mass is 221 g/mol. The zero-order chi connectivity index (χ0) is 11.8. The summed E-state index contributed by atoms with van der Waals surface area (Å²) in [4.78, 5) is 18.2. The first-order valence-corrected chi connectivity index (χ1v) is 5.51. The van der Waals surface area contributed by atoms with Crippen LogP contribution >= 0.6 is 0 Å². The van der Waals surface area contributed by atoms with E-state index < -0.39 is 0 Å². The Morgan fingerprint density at radius 2 is 2.31 bits per heavy atom. The number of rotatable bonds is 7. The molecule has 0 aliphatic carbocycles. The van der Waals surface area contributed by atoms with E-state index >= 15 is 0 Å². The average molecular weight is 221 g/mol. The van der Waals surface area contributed by atoms with Gasteiger partial charge in [-0.3, -0.25) is 9.79 Å². The van der Waals surface area contributed by atoms with Crippen molar-refractivity contribution < 1.29 is 4.79 Å². The average Bonchev–Trinajstić information content (AvgIpc) is 2.68. The zero-order valence-corrected chi connectivity index (χ0v) is 9.92. The molecule has 0 amide bonds. The molecule has 2 N–H and O–H groups in total. The molecule has 4 nitrogen and oxygen atoms in total. The maximum absolute atomic E-state index is 10.8. The Bertz CT molecular complexity index is 341. The van der Waals surface area contributed by atoms with Gasteiger partial charge in [0.25, 0.3) is 0 Å². The Morgan fingerprint density at radius 1 is 1.50 bits per heavy atom. The van der Waals surface area contributed by atoms with Gasteiger partial charge in [0.15, 0.2) is 0 Å². The normalized spacial score (nSPS) is 11.8. The third-order valence-electron chi connectivity index (χ3n) is 2.15. The number of carbonyl (C=O) groups is 1. The molecular weight excluding hydrogens is 202 g/mol. The topological polar surface area (TPSA) is 57.2 Å². The smallest absolute Gasteiger partial charge is 0.135 e. The molecule has 0 saturated heterocycles. The third-order valence-corrected chi connectivity index (χ3v) is 2.15. The molecular formula is C12H19N3O. The van der Waals surface area contributed by atoms with Gasteiger partial charge in [-0.05, 0) is 26.0 Å². The summed E-state index contributed by atoms with van der Waals surface area (Å²) in [6, 6.07) is 4.02. The molecule has 0 radical (unpaired) electrons. The molecule has 0 aliphatic heterocycles. The number of Topliss-reactive ketones (excluding diaryl/α,β-unsaturated/α-hetero) is 1. The lowest BCUT2D eigenvalue weighted by Gasteiger charge is -2.01. The summed E-state index contributed by atoms with van der Waals surface area (Å²) in [6.07, 6.45) is 2.38. The van der Waals surface area contributed by atoms with Crippen molar-refractivity contribution >= 4 is 11.5 Å². The first-order chi connectivity index (χ1) is 7.68. The van der Waals surface area contributed by atoms with Gasteiger partial charge in [-0.15, -0.1) is 0 Å². The third kappa shape index (κ3) is 5.46. The summed E-state index contributed by atoms with van der Waals surface area (Å²) in [5, 5.41) is 3.27. The molecule has 1 aromatic rings. The predicted molar refractivity (Wildman–Crippen MR) is 65.8 cm³/mol. The van der Waals surface area contributed by atoms with Gasteiger partial charge in [-0.2, -0.15) is 0 Å². The number of nitrogens with zero attached hydrogens (tertiary/aromatic N) is 1. The van der Waals surface area contributed by atoms with Gasteiger partial charge in [0.2, 0.25) is 0 Å². The van der Waals surface area contributed by atoms with E-state index in [0.717, 1.165) is 25.3 Å². The molecule has 0 spiro atoms. The van der Waals surface area contributed by atoms with Gasteiger partial charge in [0.05, 0.1) is 6.54 Å². The summed E-state index contributed by atoms with van der Waals surface area (Å²) in [7, 11) is 0. The van der Waals surface area contributed by atoms with Gasteiger partial charge in [-0.25, -0.2) is 0 Å². The van der Waals surface area contributed by atoms with Crippen molar-refractivity contribution in [2.45, 2.75) is 26.8 Å². The Hall–Kier alpha value is -1.42. The molecule has 0 aromatic carbocycles. The standard InChI is InChI=1S/C12H19N3O/c1-10(8-11(2)16)14-7-6-13-9-12-4-3-5-15-12/h3-5,13,15H,6-9H2,1-2H3. The van der Waals surface area contributed by atoms with Crippen LogP contribution in [0, 0.1) is 0 Å². The lowest BCUT2D eigenvalue weighted by molar-refractivity contribution is -0.115. The van der Waals surface area contributed by atoms with Crippen molar-refractivity contribution in [1.29, 1.82) is 0 Å². The van der Waals surface area contributed by atoms with E-state index in [1.807, 2.05) is 25.3 Å². The van der Waals surface area contributed by atoms with Crippen molar-refractivity contribution in [2.24, 2.45) is 4.99 Å².